The summed E-state index contributed by atoms with van der Waals surface area (Å²) in [4.78, 5) is 18.1. The maximum absolute atomic E-state index is 11.0. The Morgan fingerprint density at radius 3 is 2.75 bits per heavy atom. The molecule has 0 unspecified atom stereocenters. The van der Waals surface area contributed by atoms with Gasteiger partial charge in [0.15, 0.2) is 5.69 Å². The third-order valence-corrected chi connectivity index (χ3v) is 3.25. The van der Waals surface area contributed by atoms with E-state index in [1.165, 1.54) is 5.56 Å². The molecule has 106 valence electrons. The number of H-pyrrole nitrogens is 1. The largest absolute Gasteiger partial charge is 0.496 e. The molecule has 2 rings (SSSR count). The van der Waals surface area contributed by atoms with Crippen LogP contribution in [0.15, 0.2) is 18.2 Å². The van der Waals surface area contributed by atoms with Crippen LogP contribution >= 0.6 is 0 Å². The van der Waals surface area contributed by atoms with Crippen molar-refractivity contribution in [3.05, 3.63) is 46.5 Å². The molecule has 0 bridgehead atoms. The average molecular weight is 274 g/mol. The second-order valence-electron chi connectivity index (χ2n) is 4.64. The number of methoxy groups -OCH3 is 1. The van der Waals surface area contributed by atoms with E-state index in [-0.39, 0.29) is 5.69 Å². The second-order valence-corrected chi connectivity index (χ2v) is 4.64. The lowest BCUT2D eigenvalue weighted by molar-refractivity contribution is 0.0690. The monoisotopic (exact) mass is 274 g/mol. The van der Waals surface area contributed by atoms with Crippen LogP contribution in [0.3, 0.4) is 0 Å². The summed E-state index contributed by atoms with van der Waals surface area (Å²) in [6.45, 7) is 3.80. The fourth-order valence-electron chi connectivity index (χ4n) is 2.18. The first-order chi connectivity index (χ1) is 9.55. The van der Waals surface area contributed by atoms with Crippen molar-refractivity contribution >= 4 is 5.97 Å². The summed E-state index contributed by atoms with van der Waals surface area (Å²) in [5.41, 5.74) is 2.85. The van der Waals surface area contributed by atoms with E-state index in [9.17, 15) is 4.79 Å². The van der Waals surface area contributed by atoms with E-state index < -0.39 is 5.97 Å². The molecular formula is C15H18N2O3. The molecule has 1 aromatic heterocycles. The highest BCUT2D eigenvalue weighted by atomic mass is 16.5. The fourth-order valence-corrected chi connectivity index (χ4v) is 2.18. The molecule has 2 aromatic rings. The second kappa shape index (κ2) is 5.77. The van der Waals surface area contributed by atoms with Gasteiger partial charge in [0.1, 0.15) is 11.6 Å². The Balaban J connectivity index is 2.33. The summed E-state index contributed by atoms with van der Waals surface area (Å²) in [5.74, 6) is 0.402. The molecule has 0 amide bonds. The fraction of sp³-hybridized carbons (Fsp3) is 0.333. The lowest BCUT2D eigenvalue weighted by atomic mass is 10.0. The normalized spacial score (nSPS) is 10.6. The molecule has 0 aliphatic carbocycles. The minimum atomic E-state index is -1.01. The number of nitrogens with zero attached hydrogens (tertiary/aromatic N) is 1. The molecule has 0 atom stereocenters. The predicted octanol–water partition coefficient (Wildman–Crippen LogP) is 2.58. The van der Waals surface area contributed by atoms with Crippen LogP contribution in [0.1, 0.15) is 40.1 Å². The van der Waals surface area contributed by atoms with Crippen LogP contribution in [-0.4, -0.2) is 28.2 Å². The lowest BCUT2D eigenvalue weighted by Gasteiger charge is -2.09. The zero-order valence-electron chi connectivity index (χ0n) is 11.9. The van der Waals surface area contributed by atoms with Gasteiger partial charge >= 0.3 is 5.97 Å². The third-order valence-electron chi connectivity index (χ3n) is 3.25. The van der Waals surface area contributed by atoms with Crippen LogP contribution in [-0.2, 0) is 12.8 Å². The lowest BCUT2D eigenvalue weighted by Crippen LogP contribution is -2.00. The Morgan fingerprint density at radius 2 is 2.20 bits per heavy atom. The van der Waals surface area contributed by atoms with Gasteiger partial charge in [-0.1, -0.05) is 19.1 Å². The molecule has 0 aliphatic heterocycles. The number of aromatic nitrogens is 2. The molecule has 2 N–H and O–H groups in total. The SMILES string of the molecule is CCc1ccc(OC)c(Cc2nc(C(=O)O)c(C)[nH]2)c1. The van der Waals surface area contributed by atoms with Crippen molar-refractivity contribution in [3.8, 4) is 5.75 Å². The molecular weight excluding hydrogens is 256 g/mol. The number of hydrogen-bond donors (Lipinski definition) is 2. The molecule has 1 heterocycles. The number of benzene rings is 1. The molecule has 5 heteroatoms. The van der Waals surface area contributed by atoms with Gasteiger partial charge in [-0.2, -0.15) is 0 Å². The Kier molecular flexibility index (Phi) is 4.08. The van der Waals surface area contributed by atoms with Crippen molar-refractivity contribution in [2.45, 2.75) is 26.7 Å². The third kappa shape index (κ3) is 2.82. The molecule has 0 radical (unpaired) electrons. The van der Waals surface area contributed by atoms with Crippen molar-refractivity contribution in [3.63, 3.8) is 0 Å². The van der Waals surface area contributed by atoms with E-state index in [1.807, 2.05) is 12.1 Å². The number of hydrogen-bond acceptors (Lipinski definition) is 3. The van der Waals surface area contributed by atoms with Crippen LogP contribution in [0.2, 0.25) is 0 Å². The number of imidazole rings is 1. The van der Waals surface area contributed by atoms with Crippen molar-refractivity contribution in [1.82, 2.24) is 9.97 Å². The molecule has 5 nitrogen and oxygen atoms in total. The van der Waals surface area contributed by atoms with E-state index in [1.54, 1.807) is 14.0 Å². The zero-order chi connectivity index (χ0) is 14.7. The number of carboxylic acids is 1. The Labute approximate surface area is 117 Å². The number of carbonyl (C=O) groups is 1. The van der Waals surface area contributed by atoms with E-state index >= 15 is 0 Å². The summed E-state index contributed by atoms with van der Waals surface area (Å²) in [6.07, 6.45) is 1.46. The Bertz CT molecular complexity index is 632. The van der Waals surface area contributed by atoms with Crippen LogP contribution in [0.25, 0.3) is 0 Å². The summed E-state index contributed by atoms with van der Waals surface area (Å²) in [6, 6.07) is 6.03. The molecule has 20 heavy (non-hydrogen) atoms. The van der Waals surface area contributed by atoms with Gasteiger partial charge in [-0.05, 0) is 25.0 Å². The number of ether oxygens (including phenoxy) is 1. The standard InChI is InChI=1S/C15H18N2O3/c1-4-10-5-6-12(20-3)11(7-10)8-13-16-9(2)14(17-13)15(18)19/h5-7H,4,8H2,1-3H3,(H,16,17)(H,18,19). The first-order valence-electron chi connectivity index (χ1n) is 6.49. The quantitative estimate of drug-likeness (QED) is 0.878. The molecule has 0 fully saturated rings. The van der Waals surface area contributed by atoms with Gasteiger partial charge < -0.3 is 14.8 Å². The van der Waals surface area contributed by atoms with Gasteiger partial charge in [-0.25, -0.2) is 9.78 Å². The van der Waals surface area contributed by atoms with Gasteiger partial charge in [0.05, 0.1) is 7.11 Å². The van der Waals surface area contributed by atoms with Crippen molar-refractivity contribution in [1.29, 1.82) is 0 Å². The van der Waals surface area contributed by atoms with Gasteiger partial charge in [0.25, 0.3) is 0 Å². The summed E-state index contributed by atoms with van der Waals surface area (Å²) < 4.78 is 5.34. The van der Waals surface area contributed by atoms with Crippen molar-refractivity contribution < 1.29 is 14.6 Å². The van der Waals surface area contributed by atoms with Gasteiger partial charge in [-0.15, -0.1) is 0 Å². The maximum Gasteiger partial charge on any atom is 0.356 e. The van der Waals surface area contributed by atoms with E-state index in [0.717, 1.165) is 17.7 Å². The molecule has 1 aromatic carbocycles. The maximum atomic E-state index is 11.0. The highest BCUT2D eigenvalue weighted by Gasteiger charge is 2.15. The van der Waals surface area contributed by atoms with Gasteiger partial charge in [0.2, 0.25) is 0 Å². The number of aromatic carboxylic acids is 1. The average Bonchev–Trinajstić information content (AvgIpc) is 2.79. The topological polar surface area (TPSA) is 75.2 Å². The minimum Gasteiger partial charge on any atom is -0.496 e. The van der Waals surface area contributed by atoms with Crippen LogP contribution in [0.5, 0.6) is 5.75 Å². The zero-order valence-corrected chi connectivity index (χ0v) is 11.9. The minimum absolute atomic E-state index is 0.0746. The number of nitrogens with one attached hydrogen (secondary N) is 1. The van der Waals surface area contributed by atoms with Crippen LogP contribution < -0.4 is 4.74 Å². The first-order valence-corrected chi connectivity index (χ1v) is 6.49. The first kappa shape index (κ1) is 14.1. The summed E-state index contributed by atoms with van der Waals surface area (Å²) in [7, 11) is 1.63. The highest BCUT2D eigenvalue weighted by Crippen LogP contribution is 2.23. The van der Waals surface area contributed by atoms with Crippen LogP contribution in [0, 0.1) is 6.92 Å². The van der Waals surface area contributed by atoms with E-state index in [2.05, 4.69) is 23.0 Å². The van der Waals surface area contributed by atoms with Gasteiger partial charge in [0, 0.05) is 17.7 Å². The number of rotatable bonds is 5. The van der Waals surface area contributed by atoms with Crippen LogP contribution in [0.4, 0.5) is 0 Å². The van der Waals surface area contributed by atoms with Gasteiger partial charge in [-0.3, -0.25) is 0 Å². The smallest absolute Gasteiger partial charge is 0.356 e. The number of aromatic amines is 1. The summed E-state index contributed by atoms with van der Waals surface area (Å²) >= 11 is 0. The van der Waals surface area contributed by atoms with Crippen molar-refractivity contribution in [2.75, 3.05) is 7.11 Å². The molecule has 0 saturated heterocycles. The van der Waals surface area contributed by atoms with E-state index in [4.69, 9.17) is 9.84 Å². The number of aryl methyl sites for hydroxylation is 2. The Morgan fingerprint density at radius 1 is 1.45 bits per heavy atom. The van der Waals surface area contributed by atoms with E-state index in [0.29, 0.717) is 17.9 Å². The Hall–Kier alpha value is -2.30. The van der Waals surface area contributed by atoms with Crippen molar-refractivity contribution in [2.24, 2.45) is 0 Å². The molecule has 0 saturated carbocycles. The summed E-state index contributed by atoms with van der Waals surface area (Å²) in [5, 5.41) is 9.02. The molecule has 0 aliphatic rings. The predicted molar refractivity (Wildman–Crippen MR) is 75.5 cm³/mol. The molecule has 0 spiro atoms. The number of carboxylic acid groups (broad SMARTS) is 1. The highest BCUT2D eigenvalue weighted by molar-refractivity contribution is 5.86.